The standard InChI is InChI=1S/C35H29N5O4S2/c1-4-44-25-16-14-23(15-17-25)29-27(30(41)28-21(3)39-18-8-9-20(2)32(39)36-28)31(42)33(43)40(29)34-37-38-35(46-34)45-19-24-12-7-11-22-10-5-6-13-26(22)24/h5-18,29,41H,4,19H2,1-3H3/b30-27+. The Labute approximate surface area is 273 Å². The van der Waals surface area contributed by atoms with Gasteiger partial charge in [-0.05, 0) is 66.4 Å². The molecule has 1 aliphatic rings. The normalized spacial score (nSPS) is 16.2. The van der Waals surface area contributed by atoms with Crippen LogP contribution in [-0.4, -0.2) is 43.0 Å². The Morgan fingerprint density at radius 3 is 2.54 bits per heavy atom. The first-order valence-electron chi connectivity index (χ1n) is 14.8. The van der Waals surface area contributed by atoms with Gasteiger partial charge in [0, 0.05) is 11.9 Å². The van der Waals surface area contributed by atoms with Crippen LogP contribution in [0.4, 0.5) is 5.13 Å². The lowest BCUT2D eigenvalue weighted by molar-refractivity contribution is -0.132. The second-order valence-electron chi connectivity index (χ2n) is 10.9. The number of rotatable bonds is 8. The second-order valence-corrected chi connectivity index (χ2v) is 13.1. The Kier molecular flexibility index (Phi) is 7.79. The molecule has 11 heteroatoms. The molecule has 1 fully saturated rings. The summed E-state index contributed by atoms with van der Waals surface area (Å²) in [6.07, 6.45) is 1.85. The van der Waals surface area contributed by atoms with Gasteiger partial charge in [0.2, 0.25) is 5.13 Å². The van der Waals surface area contributed by atoms with Gasteiger partial charge in [-0.3, -0.25) is 14.5 Å². The predicted octanol–water partition coefficient (Wildman–Crippen LogP) is 7.27. The van der Waals surface area contributed by atoms with E-state index in [4.69, 9.17) is 4.74 Å². The maximum Gasteiger partial charge on any atom is 0.301 e. The molecule has 46 heavy (non-hydrogen) atoms. The quantitative estimate of drug-likeness (QED) is 0.0604. The molecule has 4 heterocycles. The van der Waals surface area contributed by atoms with E-state index in [1.165, 1.54) is 33.4 Å². The van der Waals surface area contributed by atoms with Gasteiger partial charge in [-0.15, -0.1) is 10.2 Å². The van der Waals surface area contributed by atoms with E-state index in [0.29, 0.717) is 39.4 Å². The third kappa shape index (κ3) is 5.11. The van der Waals surface area contributed by atoms with E-state index < -0.39 is 17.7 Å². The van der Waals surface area contributed by atoms with Crippen molar-refractivity contribution in [1.29, 1.82) is 0 Å². The van der Waals surface area contributed by atoms with Gasteiger partial charge in [0.05, 0.1) is 23.9 Å². The van der Waals surface area contributed by atoms with E-state index in [1.807, 2.05) is 61.7 Å². The van der Waals surface area contributed by atoms with Crippen molar-refractivity contribution in [3.63, 3.8) is 0 Å². The number of fused-ring (bicyclic) bond motifs is 2. The first-order chi connectivity index (χ1) is 22.4. The monoisotopic (exact) mass is 647 g/mol. The maximum atomic E-state index is 13.8. The fraction of sp³-hybridized carbons (Fsp3) is 0.171. The molecular weight excluding hydrogens is 619 g/mol. The van der Waals surface area contributed by atoms with Crippen molar-refractivity contribution in [2.75, 3.05) is 11.5 Å². The fourth-order valence-electron chi connectivity index (χ4n) is 5.85. The van der Waals surface area contributed by atoms with Crippen molar-refractivity contribution in [2.24, 2.45) is 0 Å². The van der Waals surface area contributed by atoms with Gasteiger partial charge in [0.25, 0.3) is 5.78 Å². The molecule has 1 saturated heterocycles. The summed E-state index contributed by atoms with van der Waals surface area (Å²) in [6.45, 7) is 6.14. The molecule has 0 radical (unpaired) electrons. The number of amides is 1. The number of aliphatic hydroxyl groups is 1. The minimum Gasteiger partial charge on any atom is -0.505 e. The van der Waals surface area contributed by atoms with Crippen molar-refractivity contribution in [3.8, 4) is 5.75 Å². The molecule has 7 rings (SSSR count). The highest BCUT2D eigenvalue weighted by molar-refractivity contribution is 8.00. The minimum atomic E-state index is -0.954. The molecule has 1 atom stereocenters. The first-order valence-corrected chi connectivity index (χ1v) is 16.6. The number of carbonyl (C=O) groups excluding carboxylic acids is 2. The summed E-state index contributed by atoms with van der Waals surface area (Å²) in [5.41, 5.74) is 4.18. The molecule has 1 amide bonds. The van der Waals surface area contributed by atoms with Crippen LogP contribution in [0, 0.1) is 13.8 Å². The SMILES string of the molecule is CCOc1ccc(C2/C(=C(\O)c3nc4c(C)cccn4c3C)C(=O)C(=O)N2c2nnc(SCc3cccc4ccccc34)s2)cc1. The van der Waals surface area contributed by atoms with Crippen molar-refractivity contribution >= 4 is 62.1 Å². The van der Waals surface area contributed by atoms with Crippen LogP contribution in [0.3, 0.4) is 0 Å². The van der Waals surface area contributed by atoms with Crippen LogP contribution in [0.1, 0.15) is 41.0 Å². The second kappa shape index (κ2) is 12.1. The van der Waals surface area contributed by atoms with Gasteiger partial charge < -0.3 is 14.2 Å². The van der Waals surface area contributed by atoms with Gasteiger partial charge >= 0.3 is 5.91 Å². The molecular formula is C35H29N5O4S2. The Morgan fingerprint density at radius 1 is 0.978 bits per heavy atom. The number of pyridine rings is 1. The highest BCUT2D eigenvalue weighted by Gasteiger charge is 2.49. The number of ketones is 1. The molecule has 6 aromatic rings. The summed E-state index contributed by atoms with van der Waals surface area (Å²) in [4.78, 5) is 33.6. The van der Waals surface area contributed by atoms with Crippen LogP contribution in [0.25, 0.3) is 22.2 Å². The molecule has 3 aromatic carbocycles. The number of aromatic nitrogens is 4. The molecule has 1 unspecified atom stereocenters. The summed E-state index contributed by atoms with van der Waals surface area (Å²) in [6, 6.07) is 24.4. The van der Waals surface area contributed by atoms with E-state index >= 15 is 0 Å². The van der Waals surface area contributed by atoms with E-state index in [0.717, 1.165) is 16.5 Å². The number of aryl methyl sites for hydroxylation is 2. The third-order valence-corrected chi connectivity index (χ3v) is 10.2. The van der Waals surface area contributed by atoms with Gasteiger partial charge in [-0.2, -0.15) is 0 Å². The van der Waals surface area contributed by atoms with Crippen molar-refractivity contribution in [2.45, 2.75) is 36.9 Å². The molecule has 0 spiro atoms. The number of thioether (sulfide) groups is 1. The fourth-order valence-corrected chi connectivity index (χ4v) is 7.72. The summed E-state index contributed by atoms with van der Waals surface area (Å²) in [7, 11) is 0. The van der Waals surface area contributed by atoms with E-state index in [2.05, 4.69) is 39.4 Å². The molecule has 3 aromatic heterocycles. The van der Waals surface area contributed by atoms with Crippen LogP contribution < -0.4 is 9.64 Å². The topological polar surface area (TPSA) is 110 Å². The number of hydrogen-bond acceptors (Lipinski definition) is 9. The van der Waals surface area contributed by atoms with Crippen LogP contribution in [0.5, 0.6) is 5.75 Å². The molecule has 0 bridgehead atoms. The van der Waals surface area contributed by atoms with E-state index in [1.54, 1.807) is 24.3 Å². The minimum absolute atomic E-state index is 0.0570. The van der Waals surface area contributed by atoms with Gasteiger partial charge in [0.1, 0.15) is 17.1 Å². The largest absolute Gasteiger partial charge is 0.505 e. The lowest BCUT2D eigenvalue weighted by Gasteiger charge is -2.22. The molecule has 230 valence electrons. The maximum absolute atomic E-state index is 13.8. The van der Waals surface area contributed by atoms with E-state index in [9.17, 15) is 14.7 Å². The molecule has 0 saturated carbocycles. The zero-order chi connectivity index (χ0) is 31.9. The Balaban J connectivity index is 1.29. The number of benzene rings is 3. The number of anilines is 1. The number of aliphatic hydroxyl groups excluding tert-OH is 1. The number of ether oxygens (including phenoxy) is 1. The lowest BCUT2D eigenvalue weighted by Crippen LogP contribution is -2.29. The van der Waals surface area contributed by atoms with Gasteiger partial charge in [-0.1, -0.05) is 83.8 Å². The zero-order valence-electron chi connectivity index (χ0n) is 25.3. The molecule has 1 aliphatic heterocycles. The highest BCUT2D eigenvalue weighted by atomic mass is 32.2. The summed E-state index contributed by atoms with van der Waals surface area (Å²) < 4.78 is 8.14. The Bertz CT molecular complexity index is 2160. The summed E-state index contributed by atoms with van der Waals surface area (Å²) >= 11 is 2.75. The first kappa shape index (κ1) is 29.7. The summed E-state index contributed by atoms with van der Waals surface area (Å²) in [5.74, 6) is -0.637. The molecule has 1 N–H and O–H groups in total. The lowest BCUT2D eigenvalue weighted by atomic mass is 9.96. The number of nitrogens with zero attached hydrogens (tertiary/aromatic N) is 5. The Hall–Kier alpha value is -5.00. The number of hydrogen-bond donors (Lipinski definition) is 1. The van der Waals surface area contributed by atoms with Crippen LogP contribution in [0.15, 0.2) is 95.0 Å². The highest BCUT2D eigenvalue weighted by Crippen LogP contribution is 2.44. The van der Waals surface area contributed by atoms with Gasteiger partial charge in [0.15, 0.2) is 10.1 Å². The van der Waals surface area contributed by atoms with Crippen LogP contribution >= 0.6 is 23.1 Å². The molecule has 0 aliphatic carbocycles. The number of carbonyl (C=O) groups is 2. The zero-order valence-corrected chi connectivity index (χ0v) is 26.9. The predicted molar refractivity (Wildman–Crippen MR) is 180 cm³/mol. The van der Waals surface area contributed by atoms with Crippen molar-refractivity contribution < 1.29 is 19.4 Å². The molecule has 9 nitrogen and oxygen atoms in total. The van der Waals surface area contributed by atoms with Gasteiger partial charge in [-0.25, -0.2) is 4.98 Å². The smallest absolute Gasteiger partial charge is 0.301 e. The number of imidazole rings is 1. The van der Waals surface area contributed by atoms with Crippen molar-refractivity contribution in [1.82, 2.24) is 19.6 Å². The average molecular weight is 648 g/mol. The third-order valence-electron chi connectivity index (χ3n) is 8.09. The number of Topliss-reactive ketones (excluding diaryl/α,β-unsaturated/α-hetero) is 1. The Morgan fingerprint density at radius 2 is 1.76 bits per heavy atom. The average Bonchev–Trinajstić information content (AvgIpc) is 3.75. The van der Waals surface area contributed by atoms with Crippen molar-refractivity contribution in [3.05, 3.63) is 119 Å². The van der Waals surface area contributed by atoms with Crippen LogP contribution in [0.2, 0.25) is 0 Å². The van der Waals surface area contributed by atoms with E-state index in [-0.39, 0.29) is 22.2 Å². The summed E-state index contributed by atoms with van der Waals surface area (Å²) in [5, 5.41) is 23.1. The van der Waals surface area contributed by atoms with Crippen LogP contribution in [-0.2, 0) is 15.3 Å².